The Labute approximate surface area is 116 Å². The Balaban J connectivity index is 2.53. The molecule has 0 radical (unpaired) electrons. The molecule has 0 spiro atoms. The van der Waals surface area contributed by atoms with Crippen LogP contribution in [0.25, 0.3) is 0 Å². The molecule has 0 bridgehead atoms. The summed E-state index contributed by atoms with van der Waals surface area (Å²) < 4.78 is 32.6. The lowest BCUT2D eigenvalue weighted by Gasteiger charge is -2.21. The van der Waals surface area contributed by atoms with E-state index in [-0.39, 0.29) is 5.56 Å². The fourth-order valence-corrected chi connectivity index (χ4v) is 2.13. The molecule has 0 aliphatic carbocycles. The molecule has 2 rings (SSSR count). The molecule has 0 aliphatic heterocycles. The standard InChI is InChI=1S/C15H16F2N2O/c1-3-18-14(10-6-4-8-12(16)13(10)17)11-7-5-9-19-15(11)20-2/h4-9,14,18H,3H2,1-2H3. The van der Waals surface area contributed by atoms with Crippen LogP contribution in [0.1, 0.15) is 24.1 Å². The maximum Gasteiger partial charge on any atom is 0.218 e. The van der Waals surface area contributed by atoms with E-state index in [1.165, 1.54) is 13.2 Å². The molecule has 20 heavy (non-hydrogen) atoms. The summed E-state index contributed by atoms with van der Waals surface area (Å²) in [6, 6.07) is 7.14. The van der Waals surface area contributed by atoms with Crippen LogP contribution in [0.15, 0.2) is 36.5 Å². The third-order valence-electron chi connectivity index (χ3n) is 3.01. The fourth-order valence-electron chi connectivity index (χ4n) is 2.13. The summed E-state index contributed by atoms with van der Waals surface area (Å²) in [6.07, 6.45) is 1.59. The number of aromatic nitrogens is 1. The quantitative estimate of drug-likeness (QED) is 0.912. The minimum atomic E-state index is -0.867. The van der Waals surface area contributed by atoms with Crippen molar-refractivity contribution in [1.82, 2.24) is 10.3 Å². The topological polar surface area (TPSA) is 34.2 Å². The average molecular weight is 278 g/mol. The van der Waals surface area contributed by atoms with E-state index in [1.54, 1.807) is 24.4 Å². The predicted molar refractivity (Wildman–Crippen MR) is 72.7 cm³/mol. The van der Waals surface area contributed by atoms with Crippen LogP contribution in [0.2, 0.25) is 0 Å². The molecule has 1 atom stereocenters. The van der Waals surface area contributed by atoms with Crippen molar-refractivity contribution in [3.63, 3.8) is 0 Å². The zero-order valence-electron chi connectivity index (χ0n) is 11.4. The van der Waals surface area contributed by atoms with E-state index in [0.29, 0.717) is 18.0 Å². The van der Waals surface area contributed by atoms with Crippen molar-refractivity contribution in [2.24, 2.45) is 0 Å². The Bertz CT molecular complexity index is 590. The maximum absolute atomic E-state index is 14.0. The molecular formula is C15H16F2N2O. The highest BCUT2D eigenvalue weighted by molar-refractivity contribution is 5.38. The van der Waals surface area contributed by atoms with Crippen LogP contribution in [0.3, 0.4) is 0 Å². The Morgan fingerprint density at radius 1 is 1.20 bits per heavy atom. The van der Waals surface area contributed by atoms with Gasteiger partial charge >= 0.3 is 0 Å². The second-order valence-electron chi connectivity index (χ2n) is 4.24. The summed E-state index contributed by atoms with van der Waals surface area (Å²) in [6.45, 7) is 2.49. The van der Waals surface area contributed by atoms with Crippen LogP contribution in [0, 0.1) is 11.6 Å². The average Bonchev–Trinajstić information content (AvgIpc) is 2.48. The van der Waals surface area contributed by atoms with Crippen LogP contribution < -0.4 is 10.1 Å². The number of methoxy groups -OCH3 is 1. The molecule has 0 saturated heterocycles. The Hall–Kier alpha value is -2.01. The number of nitrogens with zero attached hydrogens (tertiary/aromatic N) is 1. The molecule has 2 aromatic rings. The van der Waals surface area contributed by atoms with Gasteiger partial charge in [0.25, 0.3) is 0 Å². The van der Waals surface area contributed by atoms with E-state index < -0.39 is 17.7 Å². The normalized spacial score (nSPS) is 12.2. The highest BCUT2D eigenvalue weighted by Gasteiger charge is 2.22. The van der Waals surface area contributed by atoms with Crippen molar-refractivity contribution in [3.8, 4) is 5.88 Å². The zero-order chi connectivity index (χ0) is 14.5. The van der Waals surface area contributed by atoms with Gasteiger partial charge in [-0.25, -0.2) is 13.8 Å². The van der Waals surface area contributed by atoms with Gasteiger partial charge < -0.3 is 10.1 Å². The van der Waals surface area contributed by atoms with Crippen molar-refractivity contribution in [1.29, 1.82) is 0 Å². The lowest BCUT2D eigenvalue weighted by Crippen LogP contribution is -2.24. The van der Waals surface area contributed by atoms with E-state index in [2.05, 4.69) is 10.3 Å². The van der Waals surface area contributed by atoms with Crippen molar-refractivity contribution in [3.05, 3.63) is 59.3 Å². The molecule has 1 heterocycles. The van der Waals surface area contributed by atoms with Gasteiger partial charge in [-0.3, -0.25) is 0 Å². The second-order valence-corrected chi connectivity index (χ2v) is 4.24. The van der Waals surface area contributed by atoms with Gasteiger partial charge in [0.1, 0.15) is 0 Å². The smallest absolute Gasteiger partial charge is 0.218 e. The first-order valence-corrected chi connectivity index (χ1v) is 6.35. The maximum atomic E-state index is 14.0. The summed E-state index contributed by atoms with van der Waals surface area (Å²) in [4.78, 5) is 4.10. The van der Waals surface area contributed by atoms with Crippen molar-refractivity contribution in [2.75, 3.05) is 13.7 Å². The minimum Gasteiger partial charge on any atom is -0.481 e. The molecule has 1 aromatic heterocycles. The van der Waals surface area contributed by atoms with Gasteiger partial charge in [-0.1, -0.05) is 25.1 Å². The molecule has 0 aliphatic rings. The van der Waals surface area contributed by atoms with Crippen LogP contribution >= 0.6 is 0 Å². The minimum absolute atomic E-state index is 0.234. The third-order valence-corrected chi connectivity index (χ3v) is 3.01. The van der Waals surface area contributed by atoms with Gasteiger partial charge in [0.15, 0.2) is 11.6 Å². The lowest BCUT2D eigenvalue weighted by molar-refractivity contribution is 0.385. The summed E-state index contributed by atoms with van der Waals surface area (Å²) in [7, 11) is 1.50. The second kappa shape index (κ2) is 6.43. The van der Waals surface area contributed by atoms with E-state index in [9.17, 15) is 8.78 Å². The van der Waals surface area contributed by atoms with Gasteiger partial charge in [0, 0.05) is 17.3 Å². The summed E-state index contributed by atoms with van der Waals surface area (Å²) in [5.41, 5.74) is 0.902. The number of hydrogen-bond acceptors (Lipinski definition) is 3. The summed E-state index contributed by atoms with van der Waals surface area (Å²) >= 11 is 0. The zero-order valence-corrected chi connectivity index (χ0v) is 11.4. The van der Waals surface area contributed by atoms with Crippen molar-refractivity contribution < 1.29 is 13.5 Å². The number of nitrogens with one attached hydrogen (secondary N) is 1. The predicted octanol–water partition coefficient (Wildman–Crippen LogP) is 3.07. The molecule has 3 nitrogen and oxygen atoms in total. The molecule has 1 aromatic carbocycles. The first-order valence-electron chi connectivity index (χ1n) is 6.35. The van der Waals surface area contributed by atoms with E-state index in [4.69, 9.17) is 4.74 Å². The highest BCUT2D eigenvalue weighted by atomic mass is 19.2. The first kappa shape index (κ1) is 14.4. The Morgan fingerprint density at radius 3 is 2.65 bits per heavy atom. The third kappa shape index (κ3) is 2.77. The number of pyridine rings is 1. The molecule has 0 amide bonds. The van der Waals surface area contributed by atoms with Crippen LogP contribution in [-0.2, 0) is 0 Å². The molecule has 106 valence electrons. The van der Waals surface area contributed by atoms with Gasteiger partial charge in [0.2, 0.25) is 5.88 Å². The molecule has 1 N–H and O–H groups in total. The fraction of sp³-hybridized carbons (Fsp3) is 0.267. The number of ether oxygens (including phenoxy) is 1. The number of hydrogen-bond donors (Lipinski definition) is 1. The monoisotopic (exact) mass is 278 g/mol. The first-order chi connectivity index (χ1) is 9.69. The van der Waals surface area contributed by atoms with Crippen LogP contribution in [0.5, 0.6) is 5.88 Å². The van der Waals surface area contributed by atoms with Gasteiger partial charge in [0.05, 0.1) is 13.2 Å². The van der Waals surface area contributed by atoms with E-state index in [0.717, 1.165) is 6.07 Å². The summed E-state index contributed by atoms with van der Waals surface area (Å²) in [5, 5.41) is 3.13. The number of rotatable bonds is 5. The summed E-state index contributed by atoms with van der Waals surface area (Å²) in [5.74, 6) is -1.33. The van der Waals surface area contributed by atoms with Gasteiger partial charge in [-0.2, -0.15) is 0 Å². The SMILES string of the molecule is CCNC(c1cccnc1OC)c1cccc(F)c1F. The van der Waals surface area contributed by atoms with Gasteiger partial charge in [-0.15, -0.1) is 0 Å². The van der Waals surface area contributed by atoms with Crippen molar-refractivity contribution in [2.45, 2.75) is 13.0 Å². The van der Waals surface area contributed by atoms with Crippen molar-refractivity contribution >= 4 is 0 Å². The molecule has 0 fully saturated rings. The Morgan fingerprint density at radius 2 is 1.95 bits per heavy atom. The van der Waals surface area contributed by atoms with Gasteiger partial charge in [-0.05, 0) is 18.7 Å². The number of halogens is 2. The van der Waals surface area contributed by atoms with Crippen LogP contribution in [0.4, 0.5) is 8.78 Å². The van der Waals surface area contributed by atoms with Crippen LogP contribution in [-0.4, -0.2) is 18.6 Å². The highest BCUT2D eigenvalue weighted by Crippen LogP contribution is 2.30. The number of benzene rings is 1. The van der Waals surface area contributed by atoms with E-state index >= 15 is 0 Å². The molecule has 1 unspecified atom stereocenters. The molecule has 0 saturated carbocycles. The Kier molecular flexibility index (Phi) is 4.63. The molecular weight excluding hydrogens is 262 g/mol. The molecule has 5 heteroatoms. The largest absolute Gasteiger partial charge is 0.481 e. The lowest BCUT2D eigenvalue weighted by atomic mass is 9.98. The van der Waals surface area contributed by atoms with E-state index in [1.807, 2.05) is 6.92 Å².